The van der Waals surface area contributed by atoms with Crippen LogP contribution in [0.25, 0.3) is 0 Å². The van der Waals surface area contributed by atoms with Crippen LogP contribution in [0.2, 0.25) is 0 Å². The van der Waals surface area contributed by atoms with Crippen LogP contribution in [0.4, 0.5) is 5.69 Å². The number of hydrogen-bond acceptors (Lipinski definition) is 4. The summed E-state index contributed by atoms with van der Waals surface area (Å²) in [5, 5.41) is 3.57. The van der Waals surface area contributed by atoms with Crippen molar-refractivity contribution in [2.24, 2.45) is 0 Å². The van der Waals surface area contributed by atoms with E-state index >= 15 is 0 Å². The number of fused-ring (bicyclic) bond motifs is 1. The molecule has 0 saturated heterocycles. The highest BCUT2D eigenvalue weighted by Gasteiger charge is 2.17. The summed E-state index contributed by atoms with van der Waals surface area (Å²) in [6, 6.07) is 9.47. The predicted octanol–water partition coefficient (Wildman–Crippen LogP) is 3.00. The number of rotatable bonds is 4. The van der Waals surface area contributed by atoms with Gasteiger partial charge in [-0.25, -0.2) is 9.97 Å². The van der Waals surface area contributed by atoms with Crippen molar-refractivity contribution in [3.63, 3.8) is 0 Å². The number of thioether (sulfide) groups is 1. The Hall–Kier alpha value is -1.88. The summed E-state index contributed by atoms with van der Waals surface area (Å²) < 4.78 is 0. The standard InChI is InChI=1S/C16H17N3OS/c1-11-13-8-5-9-14(13)19-16(17-11)21-10-15(20)18-12-6-3-2-4-7-12/h2-4,6-7H,5,8-10H2,1H3,(H,18,20). The lowest BCUT2D eigenvalue weighted by Gasteiger charge is -2.07. The second-order valence-electron chi connectivity index (χ2n) is 5.07. The number of nitrogens with zero attached hydrogens (tertiary/aromatic N) is 2. The second-order valence-corrected chi connectivity index (χ2v) is 6.02. The lowest BCUT2D eigenvalue weighted by Crippen LogP contribution is -2.14. The van der Waals surface area contributed by atoms with Gasteiger partial charge < -0.3 is 5.32 Å². The molecule has 1 amide bonds. The molecule has 0 atom stereocenters. The number of carbonyl (C=O) groups is 1. The van der Waals surface area contributed by atoms with Gasteiger partial charge >= 0.3 is 0 Å². The van der Waals surface area contributed by atoms with Gasteiger partial charge in [-0.2, -0.15) is 0 Å². The van der Waals surface area contributed by atoms with E-state index in [0.29, 0.717) is 10.9 Å². The number of benzene rings is 1. The minimum atomic E-state index is -0.0343. The van der Waals surface area contributed by atoms with Crippen LogP contribution >= 0.6 is 11.8 Å². The molecule has 21 heavy (non-hydrogen) atoms. The maximum Gasteiger partial charge on any atom is 0.234 e. The van der Waals surface area contributed by atoms with Gasteiger partial charge in [-0.05, 0) is 43.9 Å². The van der Waals surface area contributed by atoms with Crippen molar-refractivity contribution in [3.05, 3.63) is 47.3 Å². The molecule has 1 heterocycles. The number of aromatic nitrogens is 2. The Morgan fingerprint density at radius 2 is 2.05 bits per heavy atom. The molecule has 3 rings (SSSR count). The summed E-state index contributed by atoms with van der Waals surface area (Å²) in [6.07, 6.45) is 3.27. The van der Waals surface area contributed by atoms with Crippen molar-refractivity contribution in [1.82, 2.24) is 9.97 Å². The number of amides is 1. The van der Waals surface area contributed by atoms with E-state index in [2.05, 4.69) is 15.3 Å². The number of anilines is 1. The molecule has 0 spiro atoms. The maximum absolute atomic E-state index is 11.9. The average molecular weight is 299 g/mol. The lowest BCUT2D eigenvalue weighted by atomic mass is 10.2. The Bertz CT molecular complexity index is 658. The molecular weight excluding hydrogens is 282 g/mol. The molecule has 1 aliphatic rings. The van der Waals surface area contributed by atoms with Crippen molar-refractivity contribution in [2.75, 3.05) is 11.1 Å². The topological polar surface area (TPSA) is 54.9 Å². The van der Waals surface area contributed by atoms with Gasteiger partial charge in [-0.3, -0.25) is 4.79 Å². The van der Waals surface area contributed by atoms with Gasteiger partial charge in [0.15, 0.2) is 5.16 Å². The van der Waals surface area contributed by atoms with E-state index in [0.717, 1.165) is 36.3 Å². The minimum absolute atomic E-state index is 0.0343. The normalized spacial score (nSPS) is 13.0. The third kappa shape index (κ3) is 3.42. The third-order valence-corrected chi connectivity index (χ3v) is 4.36. The van der Waals surface area contributed by atoms with E-state index in [1.165, 1.54) is 17.3 Å². The number of carbonyl (C=O) groups excluding carboxylic acids is 1. The largest absolute Gasteiger partial charge is 0.325 e. The molecule has 108 valence electrons. The van der Waals surface area contributed by atoms with Crippen LogP contribution in [0, 0.1) is 6.92 Å². The second kappa shape index (κ2) is 6.26. The first kappa shape index (κ1) is 14.1. The van der Waals surface area contributed by atoms with E-state index < -0.39 is 0 Å². The molecular formula is C16H17N3OS. The van der Waals surface area contributed by atoms with Crippen LogP contribution in [-0.2, 0) is 17.6 Å². The molecule has 0 aliphatic heterocycles. The zero-order valence-electron chi connectivity index (χ0n) is 11.9. The fraction of sp³-hybridized carbons (Fsp3) is 0.312. The fourth-order valence-corrected chi connectivity index (χ4v) is 3.21. The first-order chi connectivity index (χ1) is 10.2. The van der Waals surface area contributed by atoms with Crippen LogP contribution in [0.15, 0.2) is 35.5 Å². The molecule has 2 aromatic rings. The van der Waals surface area contributed by atoms with Crippen LogP contribution < -0.4 is 5.32 Å². The van der Waals surface area contributed by atoms with Crippen molar-refractivity contribution < 1.29 is 4.79 Å². The first-order valence-electron chi connectivity index (χ1n) is 7.06. The van der Waals surface area contributed by atoms with Gasteiger partial charge in [0.1, 0.15) is 0 Å². The van der Waals surface area contributed by atoms with E-state index in [9.17, 15) is 4.79 Å². The summed E-state index contributed by atoms with van der Waals surface area (Å²) in [7, 11) is 0. The molecule has 0 fully saturated rings. The van der Waals surface area contributed by atoms with Crippen molar-refractivity contribution in [1.29, 1.82) is 0 Å². The zero-order valence-corrected chi connectivity index (χ0v) is 12.7. The van der Waals surface area contributed by atoms with Gasteiger partial charge in [-0.15, -0.1) is 0 Å². The van der Waals surface area contributed by atoms with E-state index in [-0.39, 0.29) is 5.91 Å². The molecule has 0 bridgehead atoms. The number of aryl methyl sites for hydroxylation is 2. The molecule has 4 nitrogen and oxygen atoms in total. The molecule has 1 aromatic heterocycles. The predicted molar refractivity (Wildman–Crippen MR) is 84.6 cm³/mol. The van der Waals surface area contributed by atoms with Crippen LogP contribution in [0.3, 0.4) is 0 Å². The van der Waals surface area contributed by atoms with E-state index in [4.69, 9.17) is 0 Å². The number of para-hydroxylation sites is 1. The summed E-state index contributed by atoms with van der Waals surface area (Å²) in [5.41, 5.74) is 4.33. The van der Waals surface area contributed by atoms with Crippen LogP contribution in [-0.4, -0.2) is 21.6 Å². The summed E-state index contributed by atoms with van der Waals surface area (Å²) in [6.45, 7) is 2.03. The highest BCUT2D eigenvalue weighted by Crippen LogP contribution is 2.25. The highest BCUT2D eigenvalue weighted by atomic mass is 32.2. The van der Waals surface area contributed by atoms with Crippen molar-refractivity contribution in [3.8, 4) is 0 Å². The Labute approximate surface area is 128 Å². The van der Waals surface area contributed by atoms with E-state index in [1.807, 2.05) is 37.3 Å². The SMILES string of the molecule is Cc1nc(SCC(=O)Nc2ccccc2)nc2c1CCC2. The molecule has 0 saturated carbocycles. The van der Waals surface area contributed by atoms with Crippen LogP contribution in [0.5, 0.6) is 0 Å². The summed E-state index contributed by atoms with van der Waals surface area (Å²) in [4.78, 5) is 21.0. The summed E-state index contributed by atoms with van der Waals surface area (Å²) in [5.74, 6) is 0.292. The van der Waals surface area contributed by atoms with Crippen molar-refractivity contribution >= 4 is 23.4 Å². The van der Waals surface area contributed by atoms with Gasteiger partial charge in [0.25, 0.3) is 0 Å². The monoisotopic (exact) mass is 299 g/mol. The van der Waals surface area contributed by atoms with Crippen LogP contribution in [0.1, 0.15) is 23.4 Å². The smallest absolute Gasteiger partial charge is 0.234 e. The number of hydrogen-bond donors (Lipinski definition) is 1. The third-order valence-electron chi connectivity index (χ3n) is 3.51. The maximum atomic E-state index is 11.9. The quantitative estimate of drug-likeness (QED) is 0.696. The molecule has 0 radical (unpaired) electrons. The Morgan fingerprint density at radius 3 is 2.86 bits per heavy atom. The Kier molecular flexibility index (Phi) is 4.20. The molecule has 0 unspecified atom stereocenters. The molecule has 1 N–H and O–H groups in total. The molecule has 1 aromatic carbocycles. The molecule has 5 heteroatoms. The number of nitrogens with one attached hydrogen (secondary N) is 1. The van der Waals surface area contributed by atoms with Gasteiger partial charge in [0.05, 0.1) is 5.75 Å². The highest BCUT2D eigenvalue weighted by molar-refractivity contribution is 7.99. The Balaban J connectivity index is 1.60. The average Bonchev–Trinajstić information content (AvgIpc) is 2.95. The molecule has 1 aliphatic carbocycles. The van der Waals surface area contributed by atoms with E-state index in [1.54, 1.807) is 0 Å². The summed E-state index contributed by atoms with van der Waals surface area (Å²) >= 11 is 1.39. The van der Waals surface area contributed by atoms with Gasteiger partial charge in [0.2, 0.25) is 5.91 Å². The fourth-order valence-electron chi connectivity index (χ4n) is 2.51. The lowest BCUT2D eigenvalue weighted by molar-refractivity contribution is -0.113. The zero-order chi connectivity index (χ0) is 14.7. The van der Waals surface area contributed by atoms with Gasteiger partial charge in [-0.1, -0.05) is 30.0 Å². The van der Waals surface area contributed by atoms with Gasteiger partial charge in [0, 0.05) is 17.1 Å². The van der Waals surface area contributed by atoms with Crippen molar-refractivity contribution in [2.45, 2.75) is 31.3 Å². The first-order valence-corrected chi connectivity index (χ1v) is 8.05. The minimum Gasteiger partial charge on any atom is -0.325 e. The Morgan fingerprint density at radius 1 is 1.24 bits per heavy atom.